The molecule has 1 fully saturated rings. The minimum Gasteiger partial charge on any atom is -0.469 e. The lowest BCUT2D eigenvalue weighted by Crippen LogP contribution is -2.45. The van der Waals surface area contributed by atoms with E-state index in [4.69, 9.17) is 10.5 Å². The first-order chi connectivity index (χ1) is 13.5. The van der Waals surface area contributed by atoms with Crippen LogP contribution in [0.4, 0.5) is 11.8 Å². The number of fused-ring (bicyclic) bond motifs is 1. The lowest BCUT2D eigenvalue weighted by Gasteiger charge is -2.37. The van der Waals surface area contributed by atoms with Crippen molar-refractivity contribution in [2.24, 2.45) is 5.92 Å². The van der Waals surface area contributed by atoms with Crippen LogP contribution in [0.3, 0.4) is 0 Å². The predicted octanol–water partition coefficient (Wildman–Crippen LogP) is 2.46. The van der Waals surface area contributed by atoms with Crippen LogP contribution in [0.15, 0.2) is 30.6 Å². The zero-order valence-corrected chi connectivity index (χ0v) is 16.3. The number of nitrogens with zero attached hydrogens (tertiary/aromatic N) is 5. The van der Waals surface area contributed by atoms with Crippen LogP contribution in [0.25, 0.3) is 16.8 Å². The molecule has 0 saturated carbocycles. The Morgan fingerprint density at radius 1 is 1.29 bits per heavy atom. The molecule has 146 valence electrons. The number of aromatic nitrogens is 4. The van der Waals surface area contributed by atoms with Crippen molar-refractivity contribution in [2.45, 2.75) is 32.7 Å². The highest BCUT2D eigenvalue weighted by molar-refractivity contribution is 5.74. The number of aryl methyl sites for hydroxylation is 1. The second kappa shape index (κ2) is 7.10. The lowest BCUT2D eigenvalue weighted by molar-refractivity contribution is -0.145. The van der Waals surface area contributed by atoms with Crippen molar-refractivity contribution in [3.8, 4) is 11.3 Å². The molecule has 0 amide bonds. The van der Waals surface area contributed by atoms with E-state index < -0.39 is 0 Å². The van der Waals surface area contributed by atoms with Crippen molar-refractivity contribution >= 4 is 23.3 Å². The van der Waals surface area contributed by atoms with Crippen molar-refractivity contribution in [1.29, 1.82) is 0 Å². The number of nitrogens with two attached hydrogens (primary N) is 1. The molecule has 8 heteroatoms. The van der Waals surface area contributed by atoms with E-state index in [0.29, 0.717) is 6.54 Å². The molecule has 0 spiro atoms. The SMILES string of the molecule is COC(=O)C1CCC(C)N(c2cc(-c3ccc4cnc(C)n4c3)nc(N)n2)C1. The number of nitrogen functional groups attached to an aromatic ring is 1. The number of piperidine rings is 1. The highest BCUT2D eigenvalue weighted by Crippen LogP contribution is 2.30. The normalized spacial score (nSPS) is 19.8. The minimum atomic E-state index is -0.180. The Morgan fingerprint density at radius 2 is 2.11 bits per heavy atom. The molecular weight excluding hydrogens is 356 g/mol. The molecule has 1 aliphatic rings. The number of methoxy groups -OCH3 is 1. The summed E-state index contributed by atoms with van der Waals surface area (Å²) >= 11 is 0. The third-order valence-corrected chi connectivity index (χ3v) is 5.45. The number of hydrogen-bond acceptors (Lipinski definition) is 7. The Balaban J connectivity index is 1.71. The first-order valence-corrected chi connectivity index (χ1v) is 9.39. The Morgan fingerprint density at radius 3 is 2.89 bits per heavy atom. The number of pyridine rings is 1. The first kappa shape index (κ1) is 18.2. The van der Waals surface area contributed by atoms with E-state index >= 15 is 0 Å². The van der Waals surface area contributed by atoms with Gasteiger partial charge in [0, 0.05) is 30.4 Å². The van der Waals surface area contributed by atoms with Crippen molar-refractivity contribution in [2.75, 3.05) is 24.3 Å². The van der Waals surface area contributed by atoms with Crippen LogP contribution in [-0.2, 0) is 9.53 Å². The number of imidazole rings is 1. The predicted molar refractivity (Wildman–Crippen MR) is 107 cm³/mol. The Bertz CT molecular complexity index is 1030. The van der Waals surface area contributed by atoms with Gasteiger partial charge in [0.05, 0.1) is 30.4 Å². The lowest BCUT2D eigenvalue weighted by atomic mass is 9.93. The first-order valence-electron chi connectivity index (χ1n) is 9.39. The van der Waals surface area contributed by atoms with Gasteiger partial charge in [0.1, 0.15) is 11.6 Å². The fraction of sp³-hybridized carbons (Fsp3) is 0.400. The summed E-state index contributed by atoms with van der Waals surface area (Å²) in [6.07, 6.45) is 5.54. The number of ether oxygens (including phenoxy) is 1. The summed E-state index contributed by atoms with van der Waals surface area (Å²) in [5.74, 6) is 1.50. The second-order valence-corrected chi connectivity index (χ2v) is 7.29. The largest absolute Gasteiger partial charge is 0.469 e. The van der Waals surface area contributed by atoms with Gasteiger partial charge in [-0.1, -0.05) is 0 Å². The maximum absolute atomic E-state index is 12.0. The third kappa shape index (κ3) is 3.26. The summed E-state index contributed by atoms with van der Waals surface area (Å²) in [6, 6.07) is 6.18. The summed E-state index contributed by atoms with van der Waals surface area (Å²) in [6.45, 7) is 4.65. The summed E-state index contributed by atoms with van der Waals surface area (Å²) in [4.78, 5) is 27.3. The van der Waals surface area contributed by atoms with Crippen LogP contribution < -0.4 is 10.6 Å². The van der Waals surface area contributed by atoms with Gasteiger partial charge >= 0.3 is 5.97 Å². The highest BCUT2D eigenvalue weighted by Gasteiger charge is 2.31. The third-order valence-electron chi connectivity index (χ3n) is 5.45. The van der Waals surface area contributed by atoms with Crippen molar-refractivity contribution < 1.29 is 9.53 Å². The highest BCUT2D eigenvalue weighted by atomic mass is 16.5. The average molecular weight is 380 g/mol. The summed E-state index contributed by atoms with van der Waals surface area (Å²) in [7, 11) is 1.43. The van der Waals surface area contributed by atoms with E-state index in [0.717, 1.165) is 41.3 Å². The Kier molecular flexibility index (Phi) is 4.62. The van der Waals surface area contributed by atoms with E-state index in [1.807, 2.05) is 41.9 Å². The number of rotatable bonds is 3. The number of carbonyl (C=O) groups excluding carboxylic acids is 1. The van der Waals surface area contributed by atoms with Crippen molar-refractivity contribution in [1.82, 2.24) is 19.4 Å². The van der Waals surface area contributed by atoms with E-state index in [9.17, 15) is 4.79 Å². The molecule has 0 bridgehead atoms. The van der Waals surface area contributed by atoms with E-state index in [2.05, 4.69) is 26.8 Å². The maximum atomic E-state index is 12.0. The Hall–Kier alpha value is -3.16. The standard InChI is InChI=1S/C20H24N6O2/c1-12-4-5-15(19(27)28-3)11-25(12)18-8-17(23-20(21)24-18)14-6-7-16-9-22-13(2)26(16)10-14/h6-10,12,15H,4-5,11H2,1-3H3,(H2,21,23,24). The molecule has 3 aromatic heterocycles. The van der Waals surface area contributed by atoms with Crippen LogP contribution in [-0.4, -0.2) is 45.0 Å². The molecule has 2 unspecified atom stereocenters. The fourth-order valence-electron chi connectivity index (χ4n) is 3.80. The zero-order valence-electron chi connectivity index (χ0n) is 16.3. The molecule has 4 rings (SSSR count). The molecular formula is C20H24N6O2. The van der Waals surface area contributed by atoms with Crippen LogP contribution in [0, 0.1) is 12.8 Å². The van der Waals surface area contributed by atoms with Gasteiger partial charge in [-0.05, 0) is 38.8 Å². The minimum absolute atomic E-state index is 0.161. The molecule has 1 aliphatic heterocycles. The summed E-state index contributed by atoms with van der Waals surface area (Å²) < 4.78 is 6.96. The summed E-state index contributed by atoms with van der Waals surface area (Å²) in [5, 5.41) is 0. The van der Waals surface area contributed by atoms with Gasteiger partial charge in [-0.15, -0.1) is 0 Å². The van der Waals surface area contributed by atoms with Gasteiger partial charge < -0.3 is 19.8 Å². The molecule has 3 aromatic rings. The average Bonchev–Trinajstić information content (AvgIpc) is 3.07. The molecule has 2 atom stereocenters. The molecule has 0 radical (unpaired) electrons. The van der Waals surface area contributed by atoms with Crippen molar-refractivity contribution in [3.63, 3.8) is 0 Å². The molecule has 1 saturated heterocycles. The quantitative estimate of drug-likeness (QED) is 0.697. The van der Waals surface area contributed by atoms with Gasteiger partial charge in [0.2, 0.25) is 5.95 Å². The maximum Gasteiger partial charge on any atom is 0.310 e. The molecule has 28 heavy (non-hydrogen) atoms. The molecule has 4 heterocycles. The van der Waals surface area contributed by atoms with Crippen LogP contribution >= 0.6 is 0 Å². The molecule has 0 aromatic carbocycles. The smallest absolute Gasteiger partial charge is 0.310 e. The topological polar surface area (TPSA) is 98.6 Å². The van der Waals surface area contributed by atoms with E-state index in [-0.39, 0.29) is 23.9 Å². The van der Waals surface area contributed by atoms with Crippen LogP contribution in [0.2, 0.25) is 0 Å². The molecule has 0 aliphatic carbocycles. The van der Waals surface area contributed by atoms with Crippen LogP contribution in [0.1, 0.15) is 25.6 Å². The number of esters is 1. The van der Waals surface area contributed by atoms with E-state index in [1.54, 1.807) is 0 Å². The number of hydrogen-bond donors (Lipinski definition) is 1. The molecule has 2 N–H and O–H groups in total. The van der Waals surface area contributed by atoms with E-state index in [1.165, 1.54) is 7.11 Å². The zero-order chi connectivity index (χ0) is 19.8. The van der Waals surface area contributed by atoms with Gasteiger partial charge in [0.15, 0.2) is 0 Å². The number of anilines is 2. The second-order valence-electron chi connectivity index (χ2n) is 7.29. The fourth-order valence-corrected chi connectivity index (χ4v) is 3.80. The van der Waals surface area contributed by atoms with Gasteiger partial charge in [-0.25, -0.2) is 9.97 Å². The molecule has 8 nitrogen and oxygen atoms in total. The Labute approximate surface area is 163 Å². The van der Waals surface area contributed by atoms with Crippen LogP contribution in [0.5, 0.6) is 0 Å². The van der Waals surface area contributed by atoms with Gasteiger partial charge in [-0.3, -0.25) is 4.79 Å². The van der Waals surface area contributed by atoms with Gasteiger partial charge in [0.25, 0.3) is 0 Å². The van der Waals surface area contributed by atoms with Gasteiger partial charge in [-0.2, -0.15) is 4.98 Å². The monoisotopic (exact) mass is 380 g/mol. The number of carbonyl (C=O) groups is 1. The van der Waals surface area contributed by atoms with Crippen molar-refractivity contribution in [3.05, 3.63) is 36.4 Å². The summed E-state index contributed by atoms with van der Waals surface area (Å²) in [5.41, 5.74) is 8.72.